The van der Waals surface area contributed by atoms with Crippen LogP contribution in [0.4, 0.5) is 5.69 Å². The van der Waals surface area contributed by atoms with Gasteiger partial charge in [0.05, 0.1) is 5.56 Å². The van der Waals surface area contributed by atoms with Gasteiger partial charge in [0.15, 0.2) is 0 Å². The Bertz CT molecular complexity index is 1010. The van der Waals surface area contributed by atoms with Crippen LogP contribution in [0.25, 0.3) is 0 Å². The standard InChI is InChI=1S/C23H22N4O3/c28-21(26-15-17-6-2-1-3-7-17)11-13-25-22(29)18-8-4-10-20(14-18)27-23(30)19-9-5-12-24-16-19/h1-10,12,14,16H,11,13,15H2,(H,25,29)(H,26,28)(H,27,30). The smallest absolute Gasteiger partial charge is 0.257 e. The van der Waals surface area contributed by atoms with Gasteiger partial charge in [-0.2, -0.15) is 0 Å². The minimum absolute atomic E-state index is 0.142. The highest BCUT2D eigenvalue weighted by Crippen LogP contribution is 2.12. The lowest BCUT2D eigenvalue weighted by molar-refractivity contribution is -0.121. The average molecular weight is 402 g/mol. The SMILES string of the molecule is O=C(CCNC(=O)c1cccc(NC(=O)c2cccnc2)c1)NCc1ccccc1. The second-order valence-corrected chi connectivity index (χ2v) is 6.54. The van der Waals surface area contributed by atoms with Crippen molar-refractivity contribution in [3.05, 3.63) is 95.8 Å². The highest BCUT2D eigenvalue weighted by molar-refractivity contribution is 6.04. The molecule has 30 heavy (non-hydrogen) atoms. The highest BCUT2D eigenvalue weighted by Gasteiger charge is 2.10. The van der Waals surface area contributed by atoms with Crippen molar-refractivity contribution in [2.75, 3.05) is 11.9 Å². The van der Waals surface area contributed by atoms with Crippen LogP contribution in [0, 0.1) is 0 Å². The molecule has 3 amide bonds. The molecule has 152 valence electrons. The topological polar surface area (TPSA) is 100 Å². The van der Waals surface area contributed by atoms with Gasteiger partial charge in [-0.1, -0.05) is 36.4 Å². The Morgan fingerprint density at radius 1 is 0.800 bits per heavy atom. The zero-order chi connectivity index (χ0) is 21.2. The van der Waals surface area contributed by atoms with Crippen molar-refractivity contribution in [3.8, 4) is 0 Å². The van der Waals surface area contributed by atoms with E-state index in [0.29, 0.717) is 23.4 Å². The summed E-state index contributed by atoms with van der Waals surface area (Å²) in [6.07, 6.45) is 3.23. The lowest BCUT2D eigenvalue weighted by Crippen LogP contribution is -2.30. The van der Waals surface area contributed by atoms with Gasteiger partial charge in [-0.25, -0.2) is 0 Å². The number of nitrogens with zero attached hydrogens (tertiary/aromatic N) is 1. The van der Waals surface area contributed by atoms with E-state index in [0.717, 1.165) is 5.56 Å². The van der Waals surface area contributed by atoms with E-state index in [1.165, 1.54) is 6.20 Å². The number of carbonyl (C=O) groups is 3. The molecule has 3 rings (SSSR count). The van der Waals surface area contributed by atoms with Gasteiger partial charge in [0.25, 0.3) is 11.8 Å². The van der Waals surface area contributed by atoms with Gasteiger partial charge in [-0.05, 0) is 35.9 Å². The van der Waals surface area contributed by atoms with E-state index < -0.39 is 0 Å². The van der Waals surface area contributed by atoms with Crippen LogP contribution >= 0.6 is 0 Å². The lowest BCUT2D eigenvalue weighted by atomic mass is 10.1. The molecule has 0 aliphatic carbocycles. The first-order valence-corrected chi connectivity index (χ1v) is 9.52. The number of nitrogens with one attached hydrogen (secondary N) is 3. The van der Waals surface area contributed by atoms with Crippen molar-refractivity contribution < 1.29 is 14.4 Å². The fourth-order valence-electron chi connectivity index (χ4n) is 2.72. The van der Waals surface area contributed by atoms with Crippen molar-refractivity contribution in [1.29, 1.82) is 0 Å². The number of anilines is 1. The number of benzene rings is 2. The van der Waals surface area contributed by atoms with Crippen molar-refractivity contribution in [2.24, 2.45) is 0 Å². The number of carbonyl (C=O) groups excluding carboxylic acids is 3. The van der Waals surface area contributed by atoms with E-state index in [2.05, 4.69) is 20.9 Å². The largest absolute Gasteiger partial charge is 0.352 e. The monoisotopic (exact) mass is 402 g/mol. The van der Waals surface area contributed by atoms with Crippen LogP contribution in [0.15, 0.2) is 79.1 Å². The summed E-state index contributed by atoms with van der Waals surface area (Å²) in [5.41, 5.74) is 2.33. The first kappa shape index (κ1) is 20.7. The van der Waals surface area contributed by atoms with Crippen LogP contribution in [0.5, 0.6) is 0 Å². The van der Waals surface area contributed by atoms with Gasteiger partial charge in [-0.3, -0.25) is 19.4 Å². The molecule has 3 aromatic rings. The predicted molar refractivity (Wildman–Crippen MR) is 114 cm³/mol. The van der Waals surface area contributed by atoms with Crippen molar-refractivity contribution in [2.45, 2.75) is 13.0 Å². The van der Waals surface area contributed by atoms with Crippen molar-refractivity contribution >= 4 is 23.4 Å². The molecule has 0 aliphatic heterocycles. The molecule has 0 bridgehead atoms. The molecule has 0 radical (unpaired) electrons. The lowest BCUT2D eigenvalue weighted by Gasteiger charge is -2.09. The molecule has 3 N–H and O–H groups in total. The second kappa shape index (κ2) is 10.5. The maximum Gasteiger partial charge on any atom is 0.257 e. The zero-order valence-corrected chi connectivity index (χ0v) is 16.3. The molecule has 0 atom stereocenters. The third kappa shape index (κ3) is 6.27. The summed E-state index contributed by atoms with van der Waals surface area (Å²) >= 11 is 0. The fraction of sp³-hybridized carbons (Fsp3) is 0.130. The minimum Gasteiger partial charge on any atom is -0.352 e. The van der Waals surface area contributed by atoms with Gasteiger partial charge in [-0.15, -0.1) is 0 Å². The van der Waals surface area contributed by atoms with Crippen LogP contribution in [0.1, 0.15) is 32.7 Å². The molecule has 7 heteroatoms. The number of amides is 3. The van der Waals surface area contributed by atoms with Crippen LogP contribution in [0.2, 0.25) is 0 Å². The van der Waals surface area contributed by atoms with Crippen LogP contribution in [-0.4, -0.2) is 29.3 Å². The Morgan fingerprint density at radius 3 is 2.37 bits per heavy atom. The number of aromatic nitrogens is 1. The number of pyridine rings is 1. The minimum atomic E-state index is -0.316. The van der Waals surface area contributed by atoms with Crippen molar-refractivity contribution in [1.82, 2.24) is 15.6 Å². The summed E-state index contributed by atoms with van der Waals surface area (Å²) < 4.78 is 0. The predicted octanol–water partition coefficient (Wildman–Crippen LogP) is 2.77. The third-order valence-electron chi connectivity index (χ3n) is 4.28. The van der Waals surface area contributed by atoms with Gasteiger partial charge in [0.1, 0.15) is 0 Å². The first-order chi connectivity index (χ1) is 14.6. The molecular formula is C23H22N4O3. The van der Waals surface area contributed by atoms with E-state index >= 15 is 0 Å². The van der Waals surface area contributed by atoms with E-state index in [1.54, 1.807) is 42.6 Å². The normalized spacial score (nSPS) is 10.1. The molecule has 0 aliphatic rings. The molecule has 1 heterocycles. The average Bonchev–Trinajstić information content (AvgIpc) is 2.79. The zero-order valence-electron chi connectivity index (χ0n) is 16.3. The highest BCUT2D eigenvalue weighted by atomic mass is 16.2. The third-order valence-corrected chi connectivity index (χ3v) is 4.28. The maximum absolute atomic E-state index is 12.3. The van der Waals surface area contributed by atoms with E-state index in [4.69, 9.17) is 0 Å². The van der Waals surface area contributed by atoms with Crippen molar-refractivity contribution in [3.63, 3.8) is 0 Å². The Labute approximate surface area is 174 Å². The summed E-state index contributed by atoms with van der Waals surface area (Å²) in [5.74, 6) is -0.768. The Kier molecular flexibility index (Phi) is 7.27. The summed E-state index contributed by atoms with van der Waals surface area (Å²) in [5, 5.41) is 8.27. The van der Waals surface area contributed by atoms with Crippen LogP contribution < -0.4 is 16.0 Å². The van der Waals surface area contributed by atoms with E-state index in [-0.39, 0.29) is 30.7 Å². The molecule has 7 nitrogen and oxygen atoms in total. The molecule has 0 fully saturated rings. The summed E-state index contributed by atoms with van der Waals surface area (Å²) in [6.45, 7) is 0.665. The van der Waals surface area contributed by atoms with E-state index in [1.807, 2.05) is 30.3 Å². The van der Waals surface area contributed by atoms with E-state index in [9.17, 15) is 14.4 Å². The summed E-state index contributed by atoms with van der Waals surface area (Å²) in [6, 6.07) is 19.5. The van der Waals surface area contributed by atoms with Crippen LogP contribution in [-0.2, 0) is 11.3 Å². The number of rotatable bonds is 8. The number of hydrogen-bond donors (Lipinski definition) is 3. The summed E-state index contributed by atoms with van der Waals surface area (Å²) in [7, 11) is 0. The molecule has 0 saturated carbocycles. The molecule has 1 aromatic heterocycles. The molecule has 2 aromatic carbocycles. The second-order valence-electron chi connectivity index (χ2n) is 6.54. The Balaban J connectivity index is 1.45. The molecule has 0 spiro atoms. The Morgan fingerprint density at radius 2 is 1.60 bits per heavy atom. The maximum atomic E-state index is 12.3. The van der Waals surface area contributed by atoms with Crippen LogP contribution in [0.3, 0.4) is 0 Å². The molecule has 0 saturated heterocycles. The molecule has 0 unspecified atom stereocenters. The quantitative estimate of drug-likeness (QED) is 0.539. The van der Waals surface area contributed by atoms with Gasteiger partial charge in [0, 0.05) is 43.2 Å². The first-order valence-electron chi connectivity index (χ1n) is 9.52. The summed E-state index contributed by atoms with van der Waals surface area (Å²) in [4.78, 5) is 40.4. The fourth-order valence-corrected chi connectivity index (χ4v) is 2.72. The van der Waals surface area contributed by atoms with Gasteiger partial charge in [0.2, 0.25) is 5.91 Å². The molecular weight excluding hydrogens is 380 g/mol. The Hall–Kier alpha value is -4.00. The van der Waals surface area contributed by atoms with Gasteiger partial charge < -0.3 is 16.0 Å². The van der Waals surface area contributed by atoms with Gasteiger partial charge >= 0.3 is 0 Å². The number of hydrogen-bond acceptors (Lipinski definition) is 4.